The summed E-state index contributed by atoms with van der Waals surface area (Å²) < 4.78 is 28.0. The lowest BCUT2D eigenvalue weighted by molar-refractivity contribution is 0.0980. The van der Waals surface area contributed by atoms with Gasteiger partial charge in [-0.25, -0.2) is 8.78 Å². The number of aryl methyl sites for hydroxylation is 1. The van der Waals surface area contributed by atoms with E-state index in [-0.39, 0.29) is 18.8 Å². The molecule has 0 aliphatic heterocycles. The summed E-state index contributed by atoms with van der Waals surface area (Å²) in [6, 6.07) is 9.38. The second kappa shape index (κ2) is 5.85. The van der Waals surface area contributed by atoms with Crippen LogP contribution in [-0.2, 0) is 0 Å². The van der Waals surface area contributed by atoms with Crippen LogP contribution in [0.2, 0.25) is 0 Å². The predicted molar refractivity (Wildman–Crippen MR) is 69.8 cm³/mol. The van der Waals surface area contributed by atoms with Crippen molar-refractivity contribution in [2.24, 2.45) is 5.92 Å². The van der Waals surface area contributed by atoms with Gasteiger partial charge in [0.2, 0.25) is 0 Å². The van der Waals surface area contributed by atoms with Crippen LogP contribution < -0.4 is 0 Å². The highest BCUT2D eigenvalue weighted by Crippen LogP contribution is 2.39. The van der Waals surface area contributed by atoms with Crippen molar-refractivity contribution in [2.45, 2.75) is 38.0 Å². The molecule has 0 aromatic heterocycles. The molecule has 2 atom stereocenters. The van der Waals surface area contributed by atoms with Gasteiger partial charge in [-0.1, -0.05) is 35.7 Å². The Labute approximate surface area is 112 Å². The molecule has 0 amide bonds. The maximum Gasteiger partial charge on any atom is 0.152 e. The quantitative estimate of drug-likeness (QED) is 0.706. The Bertz CT molecular complexity index is 521. The second-order valence-corrected chi connectivity index (χ2v) is 5.02. The van der Waals surface area contributed by atoms with Crippen molar-refractivity contribution in [3.63, 3.8) is 0 Å². The zero-order chi connectivity index (χ0) is 13.8. The molecule has 1 aliphatic rings. The molecule has 0 saturated heterocycles. The van der Waals surface area contributed by atoms with Gasteiger partial charge in [0.25, 0.3) is 0 Å². The number of hydrogen-bond donors (Lipinski definition) is 0. The molecule has 3 heteroatoms. The van der Waals surface area contributed by atoms with Gasteiger partial charge in [0.05, 0.1) is 5.92 Å². The summed E-state index contributed by atoms with van der Waals surface area (Å²) in [4.78, 5) is 0. The molecule has 1 aromatic rings. The van der Waals surface area contributed by atoms with Crippen molar-refractivity contribution in [1.82, 2.24) is 0 Å². The SMILES string of the molecule is Cc1ccc(C2CC(F)C(C#CC#N)C(F)C2)cc1. The molecular formula is C16H15F2N. The fraction of sp³-hybridized carbons (Fsp3) is 0.438. The highest BCUT2D eigenvalue weighted by molar-refractivity contribution is 5.27. The van der Waals surface area contributed by atoms with Crippen LogP contribution in [0.25, 0.3) is 0 Å². The Morgan fingerprint density at radius 2 is 1.68 bits per heavy atom. The molecule has 0 spiro atoms. The lowest BCUT2D eigenvalue weighted by atomic mass is 9.76. The normalized spacial score (nSPS) is 30.0. The van der Waals surface area contributed by atoms with Gasteiger partial charge in [0.15, 0.2) is 6.07 Å². The monoisotopic (exact) mass is 259 g/mol. The van der Waals surface area contributed by atoms with Crippen molar-refractivity contribution >= 4 is 0 Å². The smallest absolute Gasteiger partial charge is 0.152 e. The number of hydrogen-bond acceptors (Lipinski definition) is 1. The fourth-order valence-corrected chi connectivity index (χ4v) is 2.57. The van der Waals surface area contributed by atoms with Crippen LogP contribution in [0.5, 0.6) is 0 Å². The van der Waals surface area contributed by atoms with Gasteiger partial charge in [0.1, 0.15) is 12.3 Å². The standard InChI is InChI=1S/C16H15F2N/c1-11-4-6-12(7-5-11)13-9-15(17)14(3-2-8-19)16(18)10-13/h4-7,13-16H,9-10H2,1H3. The molecule has 1 nitrogen and oxygen atoms in total. The Balaban J connectivity index is 2.13. The molecule has 0 N–H and O–H groups in total. The molecule has 1 fully saturated rings. The van der Waals surface area contributed by atoms with Gasteiger partial charge in [-0.15, -0.1) is 0 Å². The van der Waals surface area contributed by atoms with Crippen LogP contribution in [0.4, 0.5) is 8.78 Å². The topological polar surface area (TPSA) is 23.8 Å². The minimum absolute atomic E-state index is 0.106. The van der Waals surface area contributed by atoms with E-state index in [1.54, 1.807) is 6.07 Å². The summed E-state index contributed by atoms with van der Waals surface area (Å²) in [6.45, 7) is 1.98. The summed E-state index contributed by atoms with van der Waals surface area (Å²) in [5.41, 5.74) is 2.11. The van der Waals surface area contributed by atoms with Gasteiger partial charge in [-0.3, -0.25) is 0 Å². The van der Waals surface area contributed by atoms with Crippen LogP contribution >= 0.6 is 0 Å². The van der Waals surface area contributed by atoms with E-state index in [1.165, 1.54) is 0 Å². The molecule has 19 heavy (non-hydrogen) atoms. The molecule has 0 bridgehead atoms. The lowest BCUT2D eigenvalue weighted by Crippen LogP contribution is -2.33. The van der Waals surface area contributed by atoms with E-state index < -0.39 is 18.3 Å². The summed E-state index contributed by atoms with van der Waals surface area (Å²) in [7, 11) is 0. The number of benzene rings is 1. The predicted octanol–water partition coefficient (Wildman–Crippen LogP) is 3.69. The highest BCUT2D eigenvalue weighted by atomic mass is 19.1. The molecule has 1 saturated carbocycles. The van der Waals surface area contributed by atoms with E-state index in [2.05, 4.69) is 11.8 Å². The Hall–Kier alpha value is -1.87. The van der Waals surface area contributed by atoms with Gasteiger partial charge in [-0.05, 0) is 31.2 Å². The van der Waals surface area contributed by atoms with Crippen LogP contribution in [0.3, 0.4) is 0 Å². The summed E-state index contributed by atoms with van der Waals surface area (Å²) in [6.07, 6.45) is -2.07. The molecular weight excluding hydrogens is 244 g/mol. The first kappa shape index (κ1) is 13.6. The lowest BCUT2D eigenvalue weighted by Gasteiger charge is -2.32. The van der Waals surface area contributed by atoms with Crippen molar-refractivity contribution in [1.29, 1.82) is 5.26 Å². The molecule has 0 heterocycles. The number of nitriles is 1. The molecule has 2 unspecified atom stereocenters. The largest absolute Gasteiger partial charge is 0.246 e. The third-order valence-corrected chi connectivity index (χ3v) is 3.64. The molecule has 1 aromatic carbocycles. The Kier molecular flexibility index (Phi) is 4.17. The molecule has 98 valence electrons. The van der Waals surface area contributed by atoms with Crippen LogP contribution in [0.15, 0.2) is 24.3 Å². The maximum absolute atomic E-state index is 14.0. The Morgan fingerprint density at radius 1 is 1.11 bits per heavy atom. The zero-order valence-corrected chi connectivity index (χ0v) is 10.7. The maximum atomic E-state index is 14.0. The summed E-state index contributed by atoms with van der Waals surface area (Å²) in [5.74, 6) is 3.44. The first-order valence-electron chi connectivity index (χ1n) is 6.36. The third-order valence-electron chi connectivity index (χ3n) is 3.64. The van der Waals surface area contributed by atoms with Crippen molar-refractivity contribution in [3.05, 3.63) is 35.4 Å². The Morgan fingerprint density at radius 3 is 2.21 bits per heavy atom. The minimum atomic E-state index is -1.31. The number of alkyl halides is 2. The fourth-order valence-electron chi connectivity index (χ4n) is 2.57. The van der Waals surface area contributed by atoms with Crippen molar-refractivity contribution < 1.29 is 8.78 Å². The average molecular weight is 259 g/mol. The average Bonchev–Trinajstić information content (AvgIpc) is 2.38. The number of nitrogens with zero attached hydrogens (tertiary/aromatic N) is 1. The van der Waals surface area contributed by atoms with E-state index in [4.69, 9.17) is 5.26 Å². The molecule has 2 rings (SSSR count). The van der Waals surface area contributed by atoms with E-state index in [0.717, 1.165) is 11.1 Å². The van der Waals surface area contributed by atoms with Crippen molar-refractivity contribution in [3.8, 4) is 17.9 Å². The zero-order valence-electron chi connectivity index (χ0n) is 10.7. The minimum Gasteiger partial charge on any atom is -0.246 e. The first-order chi connectivity index (χ1) is 9.11. The van der Waals surface area contributed by atoms with Gasteiger partial charge in [-0.2, -0.15) is 5.26 Å². The van der Waals surface area contributed by atoms with Crippen LogP contribution in [0.1, 0.15) is 29.9 Å². The summed E-state index contributed by atoms with van der Waals surface area (Å²) >= 11 is 0. The number of halogens is 2. The van der Waals surface area contributed by atoms with E-state index in [0.29, 0.717) is 0 Å². The van der Waals surface area contributed by atoms with Gasteiger partial charge in [0, 0.05) is 5.92 Å². The summed E-state index contributed by atoms with van der Waals surface area (Å²) in [5, 5.41) is 8.36. The van der Waals surface area contributed by atoms with E-state index in [1.807, 2.05) is 31.2 Å². The van der Waals surface area contributed by atoms with Gasteiger partial charge < -0.3 is 0 Å². The van der Waals surface area contributed by atoms with Crippen LogP contribution in [-0.4, -0.2) is 12.3 Å². The number of rotatable bonds is 1. The van der Waals surface area contributed by atoms with Gasteiger partial charge >= 0.3 is 0 Å². The van der Waals surface area contributed by atoms with E-state index in [9.17, 15) is 8.78 Å². The van der Waals surface area contributed by atoms with Crippen molar-refractivity contribution in [2.75, 3.05) is 0 Å². The third kappa shape index (κ3) is 3.12. The second-order valence-electron chi connectivity index (χ2n) is 5.02. The first-order valence-corrected chi connectivity index (χ1v) is 6.36. The van der Waals surface area contributed by atoms with Crippen LogP contribution in [0, 0.1) is 36.0 Å². The highest BCUT2D eigenvalue weighted by Gasteiger charge is 2.38. The molecule has 1 aliphatic carbocycles. The van der Waals surface area contributed by atoms with E-state index >= 15 is 0 Å². The molecule has 0 radical (unpaired) electrons.